The summed E-state index contributed by atoms with van der Waals surface area (Å²) in [6.07, 6.45) is 6.17. The molecule has 0 fully saturated rings. The summed E-state index contributed by atoms with van der Waals surface area (Å²) >= 11 is 0. The van der Waals surface area contributed by atoms with Gasteiger partial charge in [-0.25, -0.2) is 4.98 Å². The molecule has 4 rings (SSSR count). The van der Waals surface area contributed by atoms with Crippen molar-refractivity contribution >= 4 is 28.6 Å². The lowest BCUT2D eigenvalue weighted by molar-refractivity contribution is -0.111. The van der Waals surface area contributed by atoms with Gasteiger partial charge in [0.05, 0.1) is 10.9 Å². The first-order valence-corrected chi connectivity index (χ1v) is 9.19. The van der Waals surface area contributed by atoms with Gasteiger partial charge in [0, 0.05) is 24.7 Å². The Bertz CT molecular complexity index is 1090. The van der Waals surface area contributed by atoms with E-state index in [1.54, 1.807) is 28.8 Å². The molecule has 1 aliphatic heterocycles. The van der Waals surface area contributed by atoms with Gasteiger partial charge in [-0.3, -0.25) is 14.2 Å². The van der Waals surface area contributed by atoms with E-state index in [9.17, 15) is 9.59 Å². The number of hydrogen-bond donors (Lipinski definition) is 1. The SMILES string of the molecule is Cc1ccc(C=CC(=O)Nc2ccc3nc4n(c(=O)c3c2)CCCC4)cc1. The molecule has 1 amide bonds. The standard InChI is InChI=1S/C22H21N3O2/c1-15-5-7-16(8-6-15)9-12-21(26)23-17-10-11-19-18(14-17)22(27)25-13-3-2-4-20(25)24-19/h5-12,14H,2-4,13H2,1H3,(H,23,26). The molecule has 1 N–H and O–H groups in total. The fourth-order valence-electron chi connectivity index (χ4n) is 3.35. The lowest BCUT2D eigenvalue weighted by Crippen LogP contribution is -2.28. The van der Waals surface area contributed by atoms with Crippen molar-refractivity contribution in [2.75, 3.05) is 5.32 Å². The van der Waals surface area contributed by atoms with Gasteiger partial charge in [0.2, 0.25) is 5.91 Å². The number of nitrogens with zero attached hydrogens (tertiary/aromatic N) is 2. The van der Waals surface area contributed by atoms with Gasteiger partial charge < -0.3 is 5.32 Å². The van der Waals surface area contributed by atoms with E-state index in [0.29, 0.717) is 23.1 Å². The zero-order valence-corrected chi connectivity index (χ0v) is 15.2. The molecular weight excluding hydrogens is 338 g/mol. The van der Waals surface area contributed by atoms with Crippen molar-refractivity contribution in [3.8, 4) is 0 Å². The highest BCUT2D eigenvalue weighted by Crippen LogP contribution is 2.18. The third kappa shape index (κ3) is 3.67. The smallest absolute Gasteiger partial charge is 0.261 e. The van der Waals surface area contributed by atoms with Crippen LogP contribution in [0.1, 0.15) is 29.8 Å². The Kier molecular flexibility index (Phi) is 4.59. The molecule has 2 heterocycles. The Hall–Kier alpha value is -3.21. The minimum Gasteiger partial charge on any atom is -0.322 e. The molecule has 0 unspecified atom stereocenters. The van der Waals surface area contributed by atoms with E-state index in [1.807, 2.05) is 31.2 Å². The normalized spacial score (nSPS) is 13.7. The number of aryl methyl sites for hydroxylation is 2. The van der Waals surface area contributed by atoms with Gasteiger partial charge in [-0.2, -0.15) is 0 Å². The fourth-order valence-corrected chi connectivity index (χ4v) is 3.35. The van der Waals surface area contributed by atoms with Crippen LogP contribution in [0.15, 0.2) is 53.3 Å². The molecule has 136 valence electrons. The zero-order chi connectivity index (χ0) is 18.8. The summed E-state index contributed by atoms with van der Waals surface area (Å²) in [4.78, 5) is 29.6. The van der Waals surface area contributed by atoms with E-state index in [0.717, 1.165) is 30.7 Å². The third-order valence-electron chi connectivity index (χ3n) is 4.84. The minimum absolute atomic E-state index is 0.0269. The van der Waals surface area contributed by atoms with Gasteiger partial charge >= 0.3 is 0 Å². The van der Waals surface area contributed by atoms with Gasteiger partial charge in [-0.05, 0) is 49.6 Å². The Balaban J connectivity index is 1.57. The van der Waals surface area contributed by atoms with E-state index in [2.05, 4.69) is 10.3 Å². The number of nitrogens with one attached hydrogen (secondary N) is 1. The van der Waals surface area contributed by atoms with Crippen molar-refractivity contribution in [2.45, 2.75) is 32.7 Å². The second kappa shape index (κ2) is 7.19. The second-order valence-corrected chi connectivity index (χ2v) is 6.91. The predicted octanol–water partition coefficient (Wildman–Crippen LogP) is 3.69. The zero-order valence-electron chi connectivity index (χ0n) is 15.2. The van der Waals surface area contributed by atoms with Crippen LogP contribution in [0.3, 0.4) is 0 Å². The maximum absolute atomic E-state index is 12.7. The molecule has 5 nitrogen and oxygen atoms in total. The van der Waals surface area contributed by atoms with E-state index >= 15 is 0 Å². The highest BCUT2D eigenvalue weighted by atomic mass is 16.1. The number of rotatable bonds is 3. The van der Waals surface area contributed by atoms with Crippen LogP contribution in [0.4, 0.5) is 5.69 Å². The summed E-state index contributed by atoms with van der Waals surface area (Å²) < 4.78 is 1.76. The quantitative estimate of drug-likeness (QED) is 0.726. The first-order chi connectivity index (χ1) is 13.1. The average Bonchev–Trinajstić information content (AvgIpc) is 2.68. The highest BCUT2D eigenvalue weighted by molar-refractivity contribution is 6.02. The number of carbonyl (C=O) groups excluding carboxylic acids is 1. The Labute approximate surface area is 157 Å². The topological polar surface area (TPSA) is 64.0 Å². The Morgan fingerprint density at radius 2 is 1.96 bits per heavy atom. The molecule has 1 aliphatic rings. The predicted molar refractivity (Wildman–Crippen MR) is 108 cm³/mol. The third-order valence-corrected chi connectivity index (χ3v) is 4.84. The molecule has 5 heteroatoms. The average molecular weight is 359 g/mol. The number of benzene rings is 2. The molecule has 3 aromatic rings. The number of fused-ring (bicyclic) bond motifs is 2. The number of hydrogen-bond acceptors (Lipinski definition) is 3. The van der Waals surface area contributed by atoms with Crippen LogP contribution in [0.2, 0.25) is 0 Å². The fraction of sp³-hybridized carbons (Fsp3) is 0.227. The summed E-state index contributed by atoms with van der Waals surface area (Å²) in [6.45, 7) is 2.74. The molecule has 0 radical (unpaired) electrons. The van der Waals surface area contributed by atoms with Gasteiger partial charge in [-0.15, -0.1) is 0 Å². The Morgan fingerprint density at radius 1 is 1.15 bits per heavy atom. The van der Waals surface area contributed by atoms with Crippen LogP contribution < -0.4 is 10.9 Å². The van der Waals surface area contributed by atoms with E-state index in [1.165, 1.54) is 11.6 Å². The molecule has 2 aromatic carbocycles. The molecule has 27 heavy (non-hydrogen) atoms. The van der Waals surface area contributed by atoms with Crippen molar-refractivity contribution in [1.29, 1.82) is 0 Å². The molecule has 1 aromatic heterocycles. The Morgan fingerprint density at radius 3 is 2.78 bits per heavy atom. The van der Waals surface area contributed by atoms with E-state index in [-0.39, 0.29) is 11.5 Å². The van der Waals surface area contributed by atoms with Gasteiger partial charge in [0.25, 0.3) is 5.56 Å². The van der Waals surface area contributed by atoms with Crippen molar-refractivity contribution in [3.63, 3.8) is 0 Å². The summed E-state index contributed by atoms with van der Waals surface area (Å²) in [5.74, 6) is 0.623. The molecule has 0 saturated carbocycles. The second-order valence-electron chi connectivity index (χ2n) is 6.91. The minimum atomic E-state index is -0.235. The first kappa shape index (κ1) is 17.2. The van der Waals surface area contributed by atoms with E-state index in [4.69, 9.17) is 0 Å². The molecule has 0 atom stereocenters. The first-order valence-electron chi connectivity index (χ1n) is 9.19. The number of amides is 1. The monoisotopic (exact) mass is 359 g/mol. The van der Waals surface area contributed by atoms with Crippen LogP contribution in [0.5, 0.6) is 0 Å². The highest BCUT2D eigenvalue weighted by Gasteiger charge is 2.15. The van der Waals surface area contributed by atoms with Crippen molar-refractivity contribution < 1.29 is 4.79 Å². The van der Waals surface area contributed by atoms with Gasteiger partial charge in [-0.1, -0.05) is 29.8 Å². The van der Waals surface area contributed by atoms with Crippen LogP contribution in [-0.4, -0.2) is 15.5 Å². The van der Waals surface area contributed by atoms with Crippen molar-refractivity contribution in [3.05, 3.63) is 75.8 Å². The van der Waals surface area contributed by atoms with Crippen molar-refractivity contribution in [1.82, 2.24) is 9.55 Å². The van der Waals surface area contributed by atoms with Crippen molar-refractivity contribution in [2.24, 2.45) is 0 Å². The summed E-state index contributed by atoms with van der Waals surface area (Å²) in [5.41, 5.74) is 3.39. The van der Waals surface area contributed by atoms with Crippen LogP contribution in [0, 0.1) is 6.92 Å². The number of aromatic nitrogens is 2. The maximum Gasteiger partial charge on any atom is 0.261 e. The largest absolute Gasteiger partial charge is 0.322 e. The number of anilines is 1. The summed E-state index contributed by atoms with van der Waals surface area (Å²) in [6, 6.07) is 13.2. The van der Waals surface area contributed by atoms with Crippen LogP contribution in [-0.2, 0) is 17.8 Å². The lowest BCUT2D eigenvalue weighted by Gasteiger charge is -2.17. The lowest BCUT2D eigenvalue weighted by atomic mass is 10.1. The maximum atomic E-state index is 12.7. The molecule has 0 aliphatic carbocycles. The molecular formula is C22H21N3O2. The van der Waals surface area contributed by atoms with E-state index < -0.39 is 0 Å². The van der Waals surface area contributed by atoms with Gasteiger partial charge in [0.15, 0.2) is 0 Å². The van der Waals surface area contributed by atoms with Crippen LogP contribution >= 0.6 is 0 Å². The van der Waals surface area contributed by atoms with Crippen LogP contribution in [0.25, 0.3) is 17.0 Å². The summed E-state index contributed by atoms with van der Waals surface area (Å²) in [7, 11) is 0. The molecule has 0 bridgehead atoms. The molecule has 0 saturated heterocycles. The van der Waals surface area contributed by atoms with Gasteiger partial charge in [0.1, 0.15) is 5.82 Å². The molecule has 0 spiro atoms. The number of carbonyl (C=O) groups is 1. The summed E-state index contributed by atoms with van der Waals surface area (Å²) in [5, 5.41) is 3.36.